The second-order valence-electron chi connectivity index (χ2n) is 4.16. The topological polar surface area (TPSA) is 114 Å². The Balaban J connectivity index is 2.34. The van der Waals surface area contributed by atoms with Crippen molar-refractivity contribution in [3.63, 3.8) is 0 Å². The molecule has 110 valence electrons. The van der Waals surface area contributed by atoms with Gasteiger partial charge < -0.3 is 11.1 Å². The molecule has 2 heterocycles. The molecule has 3 amide bonds. The van der Waals surface area contributed by atoms with Gasteiger partial charge in [-0.25, -0.2) is 19.1 Å². The summed E-state index contributed by atoms with van der Waals surface area (Å²) in [5.74, 6) is -0.194. The van der Waals surface area contributed by atoms with Crippen LogP contribution in [0.2, 0.25) is 0 Å². The molecule has 0 aliphatic carbocycles. The fraction of sp³-hybridized carbons (Fsp3) is 0.250. The van der Waals surface area contributed by atoms with Crippen molar-refractivity contribution in [2.45, 2.75) is 13.3 Å². The zero-order valence-electron chi connectivity index (χ0n) is 11.3. The van der Waals surface area contributed by atoms with Crippen LogP contribution in [-0.4, -0.2) is 33.4 Å². The number of aromatic nitrogens is 3. The van der Waals surface area contributed by atoms with E-state index in [1.165, 1.54) is 6.20 Å². The summed E-state index contributed by atoms with van der Waals surface area (Å²) in [6.07, 6.45) is 1.45. The molecule has 8 nitrogen and oxygen atoms in total. The molecule has 0 bridgehead atoms. The number of hydrogen-bond acceptors (Lipinski definition) is 6. The summed E-state index contributed by atoms with van der Waals surface area (Å²) in [5, 5.41) is 2.60. The summed E-state index contributed by atoms with van der Waals surface area (Å²) in [6, 6.07) is 2.88. The predicted molar refractivity (Wildman–Crippen MR) is 80.8 cm³/mol. The van der Waals surface area contributed by atoms with E-state index in [0.717, 1.165) is 4.31 Å². The average molecular weight is 306 g/mol. The molecule has 3 N–H and O–H groups in total. The highest BCUT2D eigenvalue weighted by Gasteiger charge is 2.13. The maximum Gasteiger partial charge on any atom is 0.333 e. The highest BCUT2D eigenvalue weighted by molar-refractivity contribution is 7.82. The number of fused-ring (bicyclic) bond motifs is 1. The monoisotopic (exact) mass is 306 g/mol. The van der Waals surface area contributed by atoms with Crippen molar-refractivity contribution in [2.24, 2.45) is 5.73 Å². The Kier molecular flexibility index (Phi) is 4.53. The summed E-state index contributed by atoms with van der Waals surface area (Å²) < 4.78 is 1.07. The van der Waals surface area contributed by atoms with E-state index in [1.807, 2.05) is 0 Å². The number of nitrogens with zero attached hydrogens (tertiary/aromatic N) is 4. The Bertz CT molecular complexity index is 693. The molecule has 2 rings (SSSR count). The van der Waals surface area contributed by atoms with E-state index in [1.54, 1.807) is 19.1 Å². The number of amides is 3. The van der Waals surface area contributed by atoms with Crippen LogP contribution in [0.25, 0.3) is 11.2 Å². The van der Waals surface area contributed by atoms with Gasteiger partial charge in [0.1, 0.15) is 11.3 Å². The fourth-order valence-corrected chi connectivity index (χ4v) is 1.82. The Morgan fingerprint density at radius 2 is 2.14 bits per heavy atom. The quantitative estimate of drug-likeness (QED) is 0.709. The average Bonchev–Trinajstić information content (AvgIpc) is 2.45. The molecule has 0 radical (unpaired) electrons. The molecule has 0 unspecified atom stereocenters. The number of carbonyl (C=O) groups excluding carboxylic acids is 2. The minimum Gasteiger partial charge on any atom is -0.369 e. The van der Waals surface area contributed by atoms with Crippen LogP contribution in [0, 0.1) is 0 Å². The van der Waals surface area contributed by atoms with Crippen molar-refractivity contribution >= 4 is 41.7 Å². The van der Waals surface area contributed by atoms with Crippen molar-refractivity contribution < 1.29 is 9.59 Å². The van der Waals surface area contributed by atoms with Gasteiger partial charge in [-0.3, -0.25) is 9.78 Å². The molecular formula is C12H14N6O2S. The first-order valence-corrected chi connectivity index (χ1v) is 6.59. The summed E-state index contributed by atoms with van der Waals surface area (Å²) in [5.41, 5.74) is 6.40. The van der Waals surface area contributed by atoms with Gasteiger partial charge in [-0.1, -0.05) is 12.8 Å². The third kappa shape index (κ3) is 3.57. The molecule has 0 fully saturated rings. The van der Waals surface area contributed by atoms with E-state index in [4.69, 9.17) is 5.73 Å². The number of nitrogens with two attached hydrogens (primary N) is 1. The van der Waals surface area contributed by atoms with Crippen LogP contribution < -0.4 is 15.4 Å². The van der Waals surface area contributed by atoms with Crippen molar-refractivity contribution in [1.82, 2.24) is 20.3 Å². The molecule has 0 saturated heterocycles. The number of nitrogens with one attached hydrogen (secondary N) is 1. The Morgan fingerprint density at radius 3 is 2.81 bits per heavy atom. The molecule has 0 aliphatic heterocycles. The van der Waals surface area contributed by atoms with Crippen LogP contribution in [0.5, 0.6) is 0 Å². The first kappa shape index (κ1) is 15.0. The van der Waals surface area contributed by atoms with Gasteiger partial charge in [0.05, 0.1) is 12.1 Å². The number of hydrogen-bond donors (Lipinski definition) is 3. The maximum absolute atomic E-state index is 11.7. The van der Waals surface area contributed by atoms with E-state index < -0.39 is 11.9 Å². The molecule has 21 heavy (non-hydrogen) atoms. The molecule has 0 atom stereocenters. The van der Waals surface area contributed by atoms with Crippen molar-refractivity contribution in [2.75, 3.05) is 10.8 Å². The molecule has 2 aromatic rings. The lowest BCUT2D eigenvalue weighted by molar-refractivity contribution is -0.117. The molecule has 9 heteroatoms. The normalized spacial score (nSPS) is 10.4. The van der Waals surface area contributed by atoms with Crippen LogP contribution in [0.4, 0.5) is 10.6 Å². The molecule has 2 aromatic heterocycles. The smallest absolute Gasteiger partial charge is 0.333 e. The van der Waals surface area contributed by atoms with Gasteiger partial charge >= 0.3 is 6.03 Å². The summed E-state index contributed by atoms with van der Waals surface area (Å²) >= 11 is 4.09. The third-order valence-corrected chi connectivity index (χ3v) is 2.92. The van der Waals surface area contributed by atoms with Gasteiger partial charge in [-0.2, -0.15) is 0 Å². The first-order chi connectivity index (χ1) is 10.0. The van der Waals surface area contributed by atoms with E-state index >= 15 is 0 Å². The highest BCUT2D eigenvalue weighted by Crippen LogP contribution is 2.17. The number of urea groups is 1. The highest BCUT2D eigenvalue weighted by atomic mass is 32.1. The summed E-state index contributed by atoms with van der Waals surface area (Å²) in [6.45, 7) is 2.28. The second-order valence-corrected chi connectivity index (χ2v) is 4.56. The maximum atomic E-state index is 11.7. The Morgan fingerprint density at radius 1 is 1.38 bits per heavy atom. The lowest BCUT2D eigenvalue weighted by atomic mass is 10.3. The number of anilines is 1. The van der Waals surface area contributed by atoms with E-state index in [2.05, 4.69) is 33.1 Å². The van der Waals surface area contributed by atoms with Crippen LogP contribution in [0.1, 0.15) is 12.6 Å². The lowest BCUT2D eigenvalue weighted by Crippen LogP contribution is -2.34. The Hall–Kier alpha value is -2.42. The van der Waals surface area contributed by atoms with Gasteiger partial charge in [-0.05, 0) is 19.1 Å². The largest absolute Gasteiger partial charge is 0.369 e. The van der Waals surface area contributed by atoms with Gasteiger partial charge in [-0.15, -0.1) is 0 Å². The van der Waals surface area contributed by atoms with E-state index in [9.17, 15) is 9.59 Å². The molecule has 0 aromatic carbocycles. The minimum atomic E-state index is -0.502. The summed E-state index contributed by atoms with van der Waals surface area (Å²) in [7, 11) is 0. The van der Waals surface area contributed by atoms with Crippen molar-refractivity contribution in [3.8, 4) is 0 Å². The predicted octanol–water partition coefficient (Wildman–Crippen LogP) is 0.433. The molecule has 0 saturated carbocycles. The van der Waals surface area contributed by atoms with Gasteiger partial charge in [0.2, 0.25) is 5.91 Å². The number of primary amides is 1. The lowest BCUT2D eigenvalue weighted by Gasteiger charge is -2.14. The Labute approximate surface area is 126 Å². The minimum absolute atomic E-state index is 0.0181. The van der Waals surface area contributed by atoms with Crippen molar-refractivity contribution in [3.05, 3.63) is 24.0 Å². The van der Waals surface area contributed by atoms with Crippen LogP contribution in [0.3, 0.4) is 0 Å². The number of pyridine rings is 1. The van der Waals surface area contributed by atoms with Crippen LogP contribution >= 0.6 is 12.8 Å². The molecule has 0 aliphatic rings. The molecular weight excluding hydrogens is 292 g/mol. The van der Waals surface area contributed by atoms with Gasteiger partial charge in [0.25, 0.3) is 0 Å². The fourth-order valence-electron chi connectivity index (χ4n) is 1.63. The molecule has 0 spiro atoms. The van der Waals surface area contributed by atoms with E-state index in [-0.39, 0.29) is 6.42 Å². The van der Waals surface area contributed by atoms with E-state index in [0.29, 0.717) is 29.2 Å². The van der Waals surface area contributed by atoms with Gasteiger partial charge in [0, 0.05) is 12.7 Å². The number of thiol groups is 1. The summed E-state index contributed by atoms with van der Waals surface area (Å²) in [4.78, 5) is 35.1. The SMILES string of the molecule is CCNC(=O)N(S)c1ccc2ncc(CC(N)=O)nc2n1. The number of carbonyl (C=O) groups is 2. The third-order valence-electron chi connectivity index (χ3n) is 2.53. The van der Waals surface area contributed by atoms with Crippen LogP contribution in [0.15, 0.2) is 18.3 Å². The first-order valence-electron chi connectivity index (χ1n) is 6.19. The zero-order chi connectivity index (χ0) is 15.4. The standard InChI is InChI=1S/C12H14N6O2S/c1-2-14-12(20)18(21)10-4-3-8-11(17-10)16-7(6-15-8)5-9(13)19/h3-4,6,21H,2,5H2,1H3,(H2,13,19)(H,14,20). The van der Waals surface area contributed by atoms with Crippen LogP contribution in [-0.2, 0) is 11.2 Å². The second kappa shape index (κ2) is 6.35. The number of rotatable bonds is 4. The van der Waals surface area contributed by atoms with Crippen molar-refractivity contribution in [1.29, 1.82) is 0 Å². The van der Waals surface area contributed by atoms with Gasteiger partial charge in [0.15, 0.2) is 5.65 Å². The zero-order valence-corrected chi connectivity index (χ0v) is 12.2.